The second-order valence-electron chi connectivity index (χ2n) is 4.22. The van der Waals surface area contributed by atoms with Crippen molar-refractivity contribution >= 4 is 10.1 Å². The Hall–Kier alpha value is -0.350. The summed E-state index contributed by atoms with van der Waals surface area (Å²) in [7, 11) is -3.96. The van der Waals surface area contributed by atoms with Gasteiger partial charge < -0.3 is 0 Å². The summed E-state index contributed by atoms with van der Waals surface area (Å²) in [6, 6.07) is 0. The van der Waals surface area contributed by atoms with Gasteiger partial charge in [-0.25, -0.2) is 0 Å². The van der Waals surface area contributed by atoms with E-state index in [2.05, 4.69) is 0 Å². The van der Waals surface area contributed by atoms with Crippen LogP contribution in [0.4, 0.5) is 0 Å². The van der Waals surface area contributed by atoms with Gasteiger partial charge in [0, 0.05) is 0 Å². The van der Waals surface area contributed by atoms with Gasteiger partial charge >= 0.3 is 0 Å². The average Bonchev–Trinajstić information content (AvgIpc) is 1.49. The summed E-state index contributed by atoms with van der Waals surface area (Å²) in [5, 5.41) is 0.901. The lowest BCUT2D eigenvalue weighted by atomic mass is 9.89. The van der Waals surface area contributed by atoms with Crippen molar-refractivity contribution in [1.82, 2.24) is 0 Å². The van der Waals surface area contributed by atoms with E-state index in [1.54, 1.807) is 6.92 Å². The molecule has 1 N–H and O–H groups in total. The van der Waals surface area contributed by atoms with Crippen LogP contribution < -0.4 is 0 Å². The summed E-state index contributed by atoms with van der Waals surface area (Å²) in [6.45, 7) is 7.72. The van der Waals surface area contributed by atoms with Crippen LogP contribution in [-0.2, 0) is 10.1 Å². The molecule has 0 fully saturated rings. The Morgan fingerprint density at radius 2 is 1.83 bits per heavy atom. The summed E-state index contributed by atoms with van der Waals surface area (Å²) < 4.78 is 29.3. The molecule has 0 spiro atoms. The first-order valence-electron chi connectivity index (χ1n) is 3.75. The lowest BCUT2D eigenvalue weighted by Crippen LogP contribution is -2.06. The summed E-state index contributed by atoms with van der Waals surface area (Å²) in [5.74, 6) is 0. The third-order valence-corrected chi connectivity index (χ3v) is 1.86. The molecular weight excluding hydrogens is 176 g/mol. The molecule has 0 amide bonds. The van der Waals surface area contributed by atoms with Crippen LogP contribution in [0, 0.1) is 5.41 Å². The molecule has 0 aliphatic heterocycles. The minimum atomic E-state index is -3.96. The molecule has 0 atom stereocenters. The Labute approximate surface area is 74.2 Å². The van der Waals surface area contributed by atoms with Crippen molar-refractivity contribution in [2.24, 2.45) is 5.41 Å². The number of rotatable bonds is 2. The molecule has 0 radical (unpaired) electrons. The second kappa shape index (κ2) is 3.58. The Balaban J connectivity index is 4.44. The molecule has 0 saturated heterocycles. The summed E-state index contributed by atoms with van der Waals surface area (Å²) in [4.78, 5) is 0. The zero-order valence-corrected chi connectivity index (χ0v) is 8.77. The highest BCUT2D eigenvalue weighted by Crippen LogP contribution is 2.23. The number of hydrogen-bond acceptors (Lipinski definition) is 2. The van der Waals surface area contributed by atoms with Gasteiger partial charge in [-0.3, -0.25) is 4.55 Å². The van der Waals surface area contributed by atoms with Crippen LogP contribution in [-0.4, -0.2) is 13.0 Å². The zero-order valence-electron chi connectivity index (χ0n) is 7.96. The monoisotopic (exact) mass is 192 g/mol. The fourth-order valence-electron chi connectivity index (χ4n) is 1.13. The summed E-state index contributed by atoms with van der Waals surface area (Å²) >= 11 is 0. The lowest BCUT2D eigenvalue weighted by molar-refractivity contribution is 0.409. The third kappa shape index (κ3) is 7.75. The first-order valence-corrected chi connectivity index (χ1v) is 5.25. The van der Waals surface area contributed by atoms with Crippen LogP contribution in [0.15, 0.2) is 11.0 Å². The Bertz CT molecular complexity index is 267. The third-order valence-electron chi connectivity index (χ3n) is 1.16. The first-order chi connectivity index (χ1) is 5.10. The minimum Gasteiger partial charge on any atom is -0.282 e. The van der Waals surface area contributed by atoms with E-state index >= 15 is 0 Å². The highest BCUT2D eigenvalue weighted by Gasteiger charge is 2.12. The van der Waals surface area contributed by atoms with Gasteiger partial charge in [0.15, 0.2) is 0 Å². The van der Waals surface area contributed by atoms with Crippen molar-refractivity contribution in [2.45, 2.75) is 34.1 Å². The van der Waals surface area contributed by atoms with Crippen LogP contribution in [0.5, 0.6) is 0 Å². The molecule has 0 aliphatic carbocycles. The van der Waals surface area contributed by atoms with Crippen LogP contribution in [0.1, 0.15) is 34.1 Å². The van der Waals surface area contributed by atoms with Crippen molar-refractivity contribution in [2.75, 3.05) is 0 Å². The highest BCUT2D eigenvalue weighted by atomic mass is 32.2. The molecule has 0 bridgehead atoms. The first kappa shape index (κ1) is 11.6. The molecule has 12 heavy (non-hydrogen) atoms. The van der Waals surface area contributed by atoms with Crippen molar-refractivity contribution in [3.05, 3.63) is 11.0 Å². The van der Waals surface area contributed by atoms with Crippen LogP contribution in [0.3, 0.4) is 0 Å². The van der Waals surface area contributed by atoms with E-state index in [9.17, 15) is 8.42 Å². The molecule has 0 unspecified atom stereocenters. The molecular formula is C8H16O3S. The summed E-state index contributed by atoms with van der Waals surface area (Å²) in [5.41, 5.74) is 0.718. The topological polar surface area (TPSA) is 54.4 Å². The smallest absolute Gasteiger partial charge is 0.282 e. The van der Waals surface area contributed by atoms with Gasteiger partial charge in [0.2, 0.25) is 0 Å². The van der Waals surface area contributed by atoms with E-state index in [1.165, 1.54) is 0 Å². The van der Waals surface area contributed by atoms with Gasteiger partial charge in [-0.2, -0.15) is 8.42 Å². The predicted molar refractivity (Wildman–Crippen MR) is 49.4 cm³/mol. The predicted octanol–water partition coefficient (Wildman–Crippen LogP) is 2.21. The Kier molecular flexibility index (Phi) is 3.47. The summed E-state index contributed by atoms with van der Waals surface area (Å²) in [6.07, 6.45) is 0.660. The molecule has 0 rings (SSSR count). The SMILES string of the molecule is CC(=CS(=O)(=O)O)CC(C)(C)C. The highest BCUT2D eigenvalue weighted by molar-refractivity contribution is 7.88. The molecule has 0 aromatic carbocycles. The molecule has 3 nitrogen and oxygen atoms in total. The fraction of sp³-hybridized carbons (Fsp3) is 0.750. The van der Waals surface area contributed by atoms with E-state index in [0.29, 0.717) is 12.0 Å². The van der Waals surface area contributed by atoms with E-state index in [4.69, 9.17) is 4.55 Å². The van der Waals surface area contributed by atoms with Gasteiger partial charge in [-0.1, -0.05) is 26.3 Å². The maximum absolute atomic E-state index is 10.4. The molecule has 72 valence electrons. The van der Waals surface area contributed by atoms with Gasteiger partial charge in [0.25, 0.3) is 10.1 Å². The van der Waals surface area contributed by atoms with Gasteiger partial charge in [-0.05, 0) is 18.8 Å². The Morgan fingerprint density at radius 3 is 2.08 bits per heavy atom. The van der Waals surface area contributed by atoms with Crippen molar-refractivity contribution in [1.29, 1.82) is 0 Å². The maximum Gasteiger partial charge on any atom is 0.287 e. The quantitative estimate of drug-likeness (QED) is 0.682. The lowest BCUT2D eigenvalue weighted by Gasteiger charge is -2.17. The second-order valence-corrected chi connectivity index (χ2v) is 5.48. The van der Waals surface area contributed by atoms with Crippen LogP contribution in [0.25, 0.3) is 0 Å². The van der Waals surface area contributed by atoms with Gasteiger partial charge in [0.05, 0.1) is 5.41 Å². The van der Waals surface area contributed by atoms with Crippen molar-refractivity contribution < 1.29 is 13.0 Å². The standard InChI is InChI=1S/C8H16O3S/c1-7(5-8(2,3)4)6-12(9,10)11/h6H,5H2,1-4H3,(H,9,10,11). The molecule has 0 aromatic heterocycles. The maximum atomic E-state index is 10.4. The normalized spacial score (nSPS) is 14.9. The minimum absolute atomic E-state index is 0.0469. The number of hydrogen-bond donors (Lipinski definition) is 1. The van der Waals surface area contributed by atoms with Crippen molar-refractivity contribution in [3.8, 4) is 0 Å². The van der Waals surface area contributed by atoms with E-state index in [1.807, 2.05) is 20.8 Å². The van der Waals surface area contributed by atoms with Crippen molar-refractivity contribution in [3.63, 3.8) is 0 Å². The Morgan fingerprint density at radius 1 is 1.42 bits per heavy atom. The van der Waals surface area contributed by atoms with E-state index < -0.39 is 10.1 Å². The molecule has 0 aliphatic rings. The molecule has 4 heteroatoms. The van der Waals surface area contributed by atoms with E-state index in [-0.39, 0.29) is 5.41 Å². The molecule has 0 heterocycles. The van der Waals surface area contributed by atoms with E-state index in [0.717, 1.165) is 5.41 Å². The van der Waals surface area contributed by atoms with Crippen LogP contribution >= 0.6 is 0 Å². The van der Waals surface area contributed by atoms with Gasteiger partial charge in [0.1, 0.15) is 0 Å². The number of allylic oxidation sites excluding steroid dienone is 1. The largest absolute Gasteiger partial charge is 0.287 e. The average molecular weight is 192 g/mol. The van der Waals surface area contributed by atoms with Gasteiger partial charge in [-0.15, -0.1) is 0 Å². The zero-order chi connectivity index (χ0) is 9.99. The fourth-order valence-corrected chi connectivity index (χ4v) is 1.72. The van der Waals surface area contributed by atoms with Crippen LogP contribution in [0.2, 0.25) is 0 Å². The molecule has 0 aromatic rings. The molecule has 0 saturated carbocycles.